The van der Waals surface area contributed by atoms with Crippen LogP contribution in [0, 0.1) is 0 Å². The standard InChI is InChI=1S/C25H29N5O2/c1-31-15-14-29-10-12-30(13-11-29)18-25-27-23-7-6-22(16-24(23)28-25)32-21-4-2-19(3-5-21)20-8-9-26-17-20/h2-9,16H,10-15,17-18H2,1H3,(H,27,28). The van der Waals surface area contributed by atoms with E-state index in [9.17, 15) is 0 Å². The molecule has 0 spiro atoms. The molecule has 166 valence electrons. The zero-order valence-corrected chi connectivity index (χ0v) is 18.5. The van der Waals surface area contributed by atoms with Gasteiger partial charge in [-0.15, -0.1) is 0 Å². The van der Waals surface area contributed by atoms with E-state index in [4.69, 9.17) is 14.5 Å². The lowest BCUT2D eigenvalue weighted by atomic mass is 10.1. The van der Waals surface area contributed by atoms with Gasteiger partial charge in [0.15, 0.2) is 0 Å². The zero-order valence-electron chi connectivity index (χ0n) is 18.5. The van der Waals surface area contributed by atoms with Gasteiger partial charge in [-0.1, -0.05) is 12.1 Å². The van der Waals surface area contributed by atoms with Crippen LogP contribution in [0.2, 0.25) is 0 Å². The number of rotatable bonds is 8. The Balaban J connectivity index is 1.20. The monoisotopic (exact) mass is 431 g/mol. The fourth-order valence-corrected chi connectivity index (χ4v) is 4.19. The van der Waals surface area contributed by atoms with Crippen molar-refractivity contribution in [3.05, 3.63) is 59.9 Å². The van der Waals surface area contributed by atoms with Crippen LogP contribution in [0.15, 0.2) is 53.5 Å². The number of aliphatic imine (C=N–C) groups is 1. The first-order chi connectivity index (χ1) is 15.8. The highest BCUT2D eigenvalue weighted by Crippen LogP contribution is 2.27. The molecule has 0 aliphatic carbocycles. The Bertz CT molecular complexity index is 1110. The largest absolute Gasteiger partial charge is 0.457 e. The molecule has 32 heavy (non-hydrogen) atoms. The first kappa shape index (κ1) is 20.9. The minimum atomic E-state index is 0.753. The summed E-state index contributed by atoms with van der Waals surface area (Å²) in [6.07, 6.45) is 3.91. The highest BCUT2D eigenvalue weighted by atomic mass is 16.5. The third-order valence-electron chi connectivity index (χ3n) is 6.06. The molecule has 3 aromatic rings. The first-order valence-electron chi connectivity index (χ1n) is 11.2. The summed E-state index contributed by atoms with van der Waals surface area (Å²) in [5, 5.41) is 0. The lowest BCUT2D eigenvalue weighted by Gasteiger charge is -2.34. The van der Waals surface area contributed by atoms with Crippen LogP contribution >= 0.6 is 0 Å². The average molecular weight is 432 g/mol. The van der Waals surface area contributed by atoms with E-state index < -0.39 is 0 Å². The molecule has 2 aromatic carbocycles. The van der Waals surface area contributed by atoms with Crippen molar-refractivity contribution in [2.24, 2.45) is 4.99 Å². The summed E-state index contributed by atoms with van der Waals surface area (Å²) < 4.78 is 11.3. The Kier molecular flexibility index (Phi) is 6.29. The van der Waals surface area contributed by atoms with Gasteiger partial charge in [-0.2, -0.15) is 0 Å². The van der Waals surface area contributed by atoms with Crippen molar-refractivity contribution >= 4 is 22.8 Å². The van der Waals surface area contributed by atoms with E-state index in [0.29, 0.717) is 0 Å². The number of methoxy groups -OCH3 is 1. The summed E-state index contributed by atoms with van der Waals surface area (Å²) in [5.41, 5.74) is 4.39. The van der Waals surface area contributed by atoms with E-state index in [1.165, 1.54) is 11.1 Å². The van der Waals surface area contributed by atoms with Gasteiger partial charge in [-0.3, -0.25) is 14.8 Å². The second-order valence-electron chi connectivity index (χ2n) is 8.28. The maximum absolute atomic E-state index is 6.08. The van der Waals surface area contributed by atoms with Crippen LogP contribution in [-0.2, 0) is 11.3 Å². The SMILES string of the molecule is COCCN1CCN(Cc2nc3ccc(Oc4ccc(C5=CC=NC5)cc4)cc3[nH]2)CC1. The number of aromatic nitrogens is 2. The number of allylic oxidation sites excluding steroid dienone is 1. The predicted octanol–water partition coefficient (Wildman–Crippen LogP) is 3.59. The van der Waals surface area contributed by atoms with E-state index in [0.717, 1.165) is 80.8 Å². The number of ether oxygens (including phenoxy) is 2. The summed E-state index contributed by atoms with van der Waals surface area (Å²) in [7, 11) is 1.76. The number of nitrogens with zero attached hydrogens (tertiary/aromatic N) is 4. The molecule has 0 atom stereocenters. The van der Waals surface area contributed by atoms with Gasteiger partial charge in [0.2, 0.25) is 0 Å². The summed E-state index contributed by atoms with van der Waals surface area (Å²) in [6.45, 7) is 7.64. The van der Waals surface area contributed by atoms with Crippen LogP contribution in [0.3, 0.4) is 0 Å². The minimum absolute atomic E-state index is 0.753. The molecule has 0 saturated carbocycles. The van der Waals surface area contributed by atoms with Gasteiger partial charge >= 0.3 is 0 Å². The molecular formula is C25H29N5O2. The highest BCUT2D eigenvalue weighted by molar-refractivity contribution is 5.89. The van der Waals surface area contributed by atoms with E-state index >= 15 is 0 Å². The van der Waals surface area contributed by atoms with Crippen molar-refractivity contribution in [1.29, 1.82) is 0 Å². The van der Waals surface area contributed by atoms with E-state index in [1.807, 2.05) is 36.5 Å². The Morgan fingerprint density at radius 2 is 1.75 bits per heavy atom. The number of hydrogen-bond acceptors (Lipinski definition) is 6. The van der Waals surface area contributed by atoms with Gasteiger partial charge in [-0.25, -0.2) is 4.98 Å². The topological polar surface area (TPSA) is 66.0 Å². The van der Waals surface area contributed by atoms with Gasteiger partial charge < -0.3 is 14.5 Å². The molecule has 0 radical (unpaired) electrons. The van der Waals surface area contributed by atoms with E-state index in [2.05, 4.69) is 38.0 Å². The van der Waals surface area contributed by atoms with Crippen LogP contribution in [0.5, 0.6) is 11.5 Å². The highest BCUT2D eigenvalue weighted by Gasteiger charge is 2.18. The molecule has 1 saturated heterocycles. The molecule has 3 heterocycles. The van der Waals surface area contributed by atoms with Crippen molar-refractivity contribution in [3.8, 4) is 11.5 Å². The Hall–Kier alpha value is -3.00. The number of aromatic amines is 1. The van der Waals surface area contributed by atoms with Crippen LogP contribution in [-0.4, -0.2) is 79.0 Å². The fraction of sp³-hybridized carbons (Fsp3) is 0.360. The molecule has 0 amide bonds. The van der Waals surface area contributed by atoms with Crippen LogP contribution in [0.4, 0.5) is 0 Å². The number of H-pyrrole nitrogens is 1. The molecule has 1 N–H and O–H groups in total. The Morgan fingerprint density at radius 3 is 2.50 bits per heavy atom. The Labute approximate surface area is 188 Å². The van der Waals surface area contributed by atoms with Crippen molar-refractivity contribution < 1.29 is 9.47 Å². The van der Waals surface area contributed by atoms with Gasteiger partial charge in [0.1, 0.15) is 17.3 Å². The van der Waals surface area contributed by atoms with E-state index in [-0.39, 0.29) is 0 Å². The third-order valence-corrected chi connectivity index (χ3v) is 6.06. The molecule has 1 aromatic heterocycles. The molecule has 2 aliphatic rings. The number of nitrogens with one attached hydrogen (secondary N) is 1. The Morgan fingerprint density at radius 1 is 0.969 bits per heavy atom. The maximum atomic E-state index is 6.08. The number of piperazine rings is 1. The van der Waals surface area contributed by atoms with Crippen molar-refractivity contribution in [2.45, 2.75) is 6.54 Å². The summed E-state index contributed by atoms with van der Waals surface area (Å²) in [6, 6.07) is 14.2. The molecule has 0 unspecified atom stereocenters. The zero-order chi connectivity index (χ0) is 21.8. The van der Waals surface area contributed by atoms with Crippen LogP contribution < -0.4 is 4.74 Å². The van der Waals surface area contributed by atoms with Gasteiger partial charge in [0, 0.05) is 52.1 Å². The summed E-state index contributed by atoms with van der Waals surface area (Å²) in [4.78, 5) is 17.4. The first-order valence-corrected chi connectivity index (χ1v) is 11.2. The quantitative estimate of drug-likeness (QED) is 0.591. The second kappa shape index (κ2) is 9.65. The van der Waals surface area contributed by atoms with Crippen molar-refractivity contribution in [1.82, 2.24) is 19.8 Å². The van der Waals surface area contributed by atoms with Crippen LogP contribution in [0.25, 0.3) is 16.6 Å². The van der Waals surface area contributed by atoms with Gasteiger partial charge in [0.25, 0.3) is 0 Å². The number of fused-ring (bicyclic) bond motifs is 1. The smallest absolute Gasteiger partial charge is 0.129 e. The third kappa shape index (κ3) is 4.91. The predicted molar refractivity (Wildman–Crippen MR) is 128 cm³/mol. The minimum Gasteiger partial charge on any atom is -0.457 e. The molecular weight excluding hydrogens is 402 g/mol. The number of hydrogen-bond donors (Lipinski definition) is 1. The molecule has 5 rings (SSSR count). The summed E-state index contributed by atoms with van der Waals surface area (Å²) >= 11 is 0. The molecule has 1 fully saturated rings. The lowest BCUT2D eigenvalue weighted by molar-refractivity contribution is 0.0927. The van der Waals surface area contributed by atoms with Crippen LogP contribution in [0.1, 0.15) is 11.4 Å². The fourth-order valence-electron chi connectivity index (χ4n) is 4.19. The molecule has 0 bridgehead atoms. The lowest BCUT2D eigenvalue weighted by Crippen LogP contribution is -2.46. The molecule has 2 aliphatic heterocycles. The normalized spacial score (nSPS) is 17.2. The number of benzene rings is 2. The molecule has 7 nitrogen and oxygen atoms in total. The van der Waals surface area contributed by atoms with E-state index in [1.54, 1.807) is 7.11 Å². The van der Waals surface area contributed by atoms with Crippen molar-refractivity contribution in [2.75, 3.05) is 53.0 Å². The second-order valence-corrected chi connectivity index (χ2v) is 8.28. The summed E-state index contributed by atoms with van der Waals surface area (Å²) in [5.74, 6) is 2.62. The number of imidazole rings is 1. The van der Waals surface area contributed by atoms with Crippen molar-refractivity contribution in [3.63, 3.8) is 0 Å². The van der Waals surface area contributed by atoms with Gasteiger partial charge in [0.05, 0.1) is 30.7 Å². The van der Waals surface area contributed by atoms with Gasteiger partial charge in [-0.05, 0) is 41.5 Å². The molecule has 7 heteroatoms. The maximum Gasteiger partial charge on any atom is 0.129 e. The average Bonchev–Trinajstić information content (AvgIpc) is 3.49.